The van der Waals surface area contributed by atoms with Gasteiger partial charge in [0.15, 0.2) is 17.2 Å². The summed E-state index contributed by atoms with van der Waals surface area (Å²) in [6.45, 7) is 3.73. The summed E-state index contributed by atoms with van der Waals surface area (Å²) in [5, 5.41) is 4.82. The van der Waals surface area contributed by atoms with Crippen LogP contribution in [0.1, 0.15) is 34.7 Å². The molecule has 32 heavy (non-hydrogen) atoms. The first kappa shape index (κ1) is 23.1. The van der Waals surface area contributed by atoms with Crippen LogP contribution in [0, 0.1) is 0 Å². The van der Waals surface area contributed by atoms with E-state index in [-0.39, 0.29) is 28.1 Å². The maximum Gasteiger partial charge on any atom is 0.357 e. The van der Waals surface area contributed by atoms with Crippen molar-refractivity contribution in [3.63, 3.8) is 0 Å². The predicted octanol–water partition coefficient (Wildman–Crippen LogP) is 4.56. The van der Waals surface area contributed by atoms with Crippen LogP contribution in [0.5, 0.6) is 11.5 Å². The second-order valence-corrected chi connectivity index (χ2v) is 7.37. The highest BCUT2D eigenvalue weighted by Gasteiger charge is 2.32. The highest BCUT2D eigenvalue weighted by Crippen LogP contribution is 2.41. The fourth-order valence-electron chi connectivity index (χ4n) is 3.16. The molecule has 0 atom stereocenters. The van der Waals surface area contributed by atoms with Crippen LogP contribution in [-0.2, 0) is 9.47 Å². The number of hydrogen-bond acceptors (Lipinski definition) is 7. The maximum absolute atomic E-state index is 12.8. The van der Waals surface area contributed by atoms with Gasteiger partial charge in [-0.25, -0.2) is 14.3 Å². The zero-order chi connectivity index (χ0) is 23.4. The second kappa shape index (κ2) is 9.74. The number of nitrogens with zero attached hydrogens (tertiary/aromatic N) is 2. The van der Waals surface area contributed by atoms with Crippen LogP contribution in [0.4, 0.5) is 0 Å². The van der Waals surface area contributed by atoms with Crippen LogP contribution in [0.25, 0.3) is 16.9 Å². The Kier molecular flexibility index (Phi) is 7.05. The molecule has 0 fully saturated rings. The first-order valence-electron chi connectivity index (χ1n) is 9.72. The van der Waals surface area contributed by atoms with Crippen molar-refractivity contribution in [1.82, 2.24) is 9.78 Å². The molecule has 0 radical (unpaired) electrons. The van der Waals surface area contributed by atoms with Gasteiger partial charge in [0.1, 0.15) is 11.3 Å². The first-order chi connectivity index (χ1) is 15.3. The molecule has 3 rings (SSSR count). The molecule has 1 heterocycles. The van der Waals surface area contributed by atoms with Crippen molar-refractivity contribution in [3.8, 4) is 28.4 Å². The molecule has 8 nitrogen and oxygen atoms in total. The molecule has 0 aliphatic carbocycles. The van der Waals surface area contributed by atoms with Crippen molar-refractivity contribution in [2.45, 2.75) is 20.0 Å². The lowest BCUT2D eigenvalue weighted by atomic mass is 10.0. The van der Waals surface area contributed by atoms with Crippen LogP contribution in [-0.4, -0.2) is 49.2 Å². The minimum absolute atomic E-state index is 0.0566. The van der Waals surface area contributed by atoms with E-state index in [1.165, 1.54) is 26.0 Å². The van der Waals surface area contributed by atoms with E-state index < -0.39 is 11.9 Å². The molecular weight excluding hydrogens is 436 g/mol. The Balaban J connectivity index is 2.34. The van der Waals surface area contributed by atoms with E-state index in [2.05, 4.69) is 5.10 Å². The van der Waals surface area contributed by atoms with Crippen molar-refractivity contribution >= 4 is 23.5 Å². The van der Waals surface area contributed by atoms with Gasteiger partial charge in [-0.1, -0.05) is 29.8 Å². The van der Waals surface area contributed by atoms with Gasteiger partial charge in [0.2, 0.25) is 0 Å². The SMILES string of the molecule is COC(=O)c1c(-c2cc(Cl)c(OC(C)C)c(OC)c2)nn(-c2ccccc2)c1C(=O)OC. The Hall–Kier alpha value is -3.52. The summed E-state index contributed by atoms with van der Waals surface area (Å²) in [7, 11) is 3.93. The lowest BCUT2D eigenvalue weighted by molar-refractivity contribution is 0.0549. The van der Waals surface area contributed by atoms with E-state index >= 15 is 0 Å². The number of para-hydroxylation sites is 1. The summed E-state index contributed by atoms with van der Waals surface area (Å²) in [6.07, 6.45) is -0.138. The maximum atomic E-state index is 12.8. The molecule has 0 aliphatic heterocycles. The van der Waals surface area contributed by atoms with Gasteiger partial charge < -0.3 is 18.9 Å². The topological polar surface area (TPSA) is 88.9 Å². The fourth-order valence-corrected chi connectivity index (χ4v) is 3.42. The molecular formula is C23H23ClN2O6. The summed E-state index contributed by atoms with van der Waals surface area (Å²) in [6, 6.07) is 12.1. The summed E-state index contributed by atoms with van der Waals surface area (Å²) in [5.41, 5.74) is 1.04. The molecule has 0 spiro atoms. The van der Waals surface area contributed by atoms with Gasteiger partial charge in [-0.15, -0.1) is 0 Å². The predicted molar refractivity (Wildman–Crippen MR) is 119 cm³/mol. The van der Waals surface area contributed by atoms with Crippen LogP contribution >= 0.6 is 11.6 Å². The molecule has 0 unspecified atom stereocenters. The number of benzene rings is 2. The number of carbonyl (C=O) groups is 2. The molecule has 168 valence electrons. The highest BCUT2D eigenvalue weighted by atomic mass is 35.5. The Labute approximate surface area is 190 Å². The number of rotatable bonds is 7. The van der Waals surface area contributed by atoms with Gasteiger partial charge >= 0.3 is 11.9 Å². The Morgan fingerprint density at radius 3 is 2.22 bits per heavy atom. The molecule has 3 aromatic rings. The molecule has 0 saturated carbocycles. The lowest BCUT2D eigenvalue weighted by Crippen LogP contribution is -2.15. The summed E-state index contributed by atoms with van der Waals surface area (Å²) < 4.78 is 22.4. The third kappa shape index (κ3) is 4.40. The van der Waals surface area contributed by atoms with Crippen LogP contribution in [0.2, 0.25) is 5.02 Å². The average Bonchev–Trinajstić information content (AvgIpc) is 3.20. The molecule has 0 saturated heterocycles. The van der Waals surface area contributed by atoms with Crippen molar-refractivity contribution in [2.75, 3.05) is 21.3 Å². The van der Waals surface area contributed by atoms with Gasteiger partial charge in [-0.3, -0.25) is 0 Å². The number of methoxy groups -OCH3 is 3. The smallest absolute Gasteiger partial charge is 0.357 e. The number of ether oxygens (including phenoxy) is 4. The van der Waals surface area contributed by atoms with Crippen LogP contribution in [0.15, 0.2) is 42.5 Å². The Morgan fingerprint density at radius 2 is 1.66 bits per heavy atom. The molecule has 9 heteroatoms. The zero-order valence-electron chi connectivity index (χ0n) is 18.3. The fraction of sp³-hybridized carbons (Fsp3) is 0.261. The summed E-state index contributed by atoms with van der Waals surface area (Å²) >= 11 is 6.48. The van der Waals surface area contributed by atoms with E-state index in [0.717, 1.165) is 0 Å². The van der Waals surface area contributed by atoms with Gasteiger partial charge in [0, 0.05) is 5.56 Å². The number of hydrogen-bond donors (Lipinski definition) is 0. The van der Waals surface area contributed by atoms with Crippen LogP contribution in [0.3, 0.4) is 0 Å². The summed E-state index contributed by atoms with van der Waals surface area (Å²) in [5.74, 6) is -0.778. The normalized spacial score (nSPS) is 10.7. The number of aromatic nitrogens is 2. The monoisotopic (exact) mass is 458 g/mol. The van der Waals surface area contributed by atoms with Crippen molar-refractivity contribution < 1.29 is 28.5 Å². The largest absolute Gasteiger partial charge is 0.493 e. The van der Waals surface area contributed by atoms with E-state index in [1.807, 2.05) is 19.9 Å². The molecule has 0 N–H and O–H groups in total. The molecule has 0 amide bonds. The highest BCUT2D eigenvalue weighted by molar-refractivity contribution is 6.32. The minimum atomic E-state index is -0.750. The van der Waals surface area contributed by atoms with Gasteiger partial charge in [0.25, 0.3) is 0 Å². The van der Waals surface area contributed by atoms with Crippen molar-refractivity contribution in [3.05, 3.63) is 58.7 Å². The number of esters is 2. The number of carbonyl (C=O) groups excluding carboxylic acids is 2. The second-order valence-electron chi connectivity index (χ2n) is 6.96. The Morgan fingerprint density at radius 1 is 1.00 bits per heavy atom. The molecule has 1 aromatic heterocycles. The first-order valence-corrected chi connectivity index (χ1v) is 10.1. The number of halogens is 1. The van der Waals surface area contributed by atoms with E-state index in [0.29, 0.717) is 22.7 Å². The standard InChI is InChI=1S/C23H23ClN2O6/c1-13(2)32-21-16(24)11-14(12-17(21)29-3)19-18(22(27)30-4)20(23(28)31-5)26(25-19)15-9-7-6-8-10-15/h6-13H,1-5H3. The zero-order valence-corrected chi connectivity index (χ0v) is 19.1. The van der Waals surface area contributed by atoms with E-state index in [1.54, 1.807) is 36.4 Å². The molecule has 2 aromatic carbocycles. The van der Waals surface area contributed by atoms with E-state index in [9.17, 15) is 9.59 Å². The summed E-state index contributed by atoms with van der Waals surface area (Å²) in [4.78, 5) is 25.5. The molecule has 0 aliphatic rings. The average molecular weight is 459 g/mol. The van der Waals surface area contributed by atoms with Gasteiger partial charge in [-0.05, 0) is 38.1 Å². The van der Waals surface area contributed by atoms with E-state index in [4.69, 9.17) is 30.5 Å². The van der Waals surface area contributed by atoms with Gasteiger partial charge in [-0.2, -0.15) is 5.10 Å². The van der Waals surface area contributed by atoms with Crippen molar-refractivity contribution in [1.29, 1.82) is 0 Å². The quantitative estimate of drug-likeness (QED) is 0.479. The minimum Gasteiger partial charge on any atom is -0.493 e. The lowest BCUT2D eigenvalue weighted by Gasteiger charge is -2.16. The van der Waals surface area contributed by atoms with Crippen LogP contribution < -0.4 is 9.47 Å². The van der Waals surface area contributed by atoms with Crippen molar-refractivity contribution in [2.24, 2.45) is 0 Å². The third-order valence-electron chi connectivity index (χ3n) is 4.51. The third-order valence-corrected chi connectivity index (χ3v) is 4.79. The Bertz CT molecular complexity index is 1140. The van der Waals surface area contributed by atoms with Gasteiger partial charge in [0.05, 0.1) is 38.1 Å². The molecule has 0 bridgehead atoms.